The summed E-state index contributed by atoms with van der Waals surface area (Å²) in [5, 5.41) is 12.1. The van der Waals surface area contributed by atoms with E-state index >= 15 is 0 Å². The smallest absolute Gasteiger partial charge is 0.222 e. The van der Waals surface area contributed by atoms with Crippen molar-refractivity contribution in [2.24, 2.45) is 0 Å². The van der Waals surface area contributed by atoms with E-state index in [1.165, 1.54) is 0 Å². The van der Waals surface area contributed by atoms with E-state index in [2.05, 4.69) is 15.5 Å². The van der Waals surface area contributed by atoms with Gasteiger partial charge in [0, 0.05) is 44.0 Å². The maximum Gasteiger partial charge on any atom is 0.222 e. The summed E-state index contributed by atoms with van der Waals surface area (Å²) in [6.45, 7) is 7.67. The fourth-order valence-corrected chi connectivity index (χ4v) is 2.15. The highest BCUT2D eigenvalue weighted by molar-refractivity contribution is 6.31. The maximum atomic E-state index is 11.9. The highest BCUT2D eigenvalue weighted by Gasteiger charge is 2.08. The van der Waals surface area contributed by atoms with Gasteiger partial charge in [-0.2, -0.15) is 10.2 Å². The maximum absolute atomic E-state index is 11.9. The molecule has 0 radical (unpaired) electrons. The van der Waals surface area contributed by atoms with E-state index < -0.39 is 0 Å². The van der Waals surface area contributed by atoms with E-state index in [-0.39, 0.29) is 5.91 Å². The van der Waals surface area contributed by atoms with Crippen molar-refractivity contribution in [1.29, 1.82) is 0 Å². The summed E-state index contributed by atoms with van der Waals surface area (Å²) < 4.78 is 3.56. The molecular weight excluding hydrogens is 290 g/mol. The summed E-state index contributed by atoms with van der Waals surface area (Å²) in [4.78, 5) is 11.9. The summed E-state index contributed by atoms with van der Waals surface area (Å²) in [6.07, 6.45) is 4.07. The monoisotopic (exact) mass is 309 g/mol. The minimum atomic E-state index is -0.0112. The van der Waals surface area contributed by atoms with Crippen molar-refractivity contribution in [3.05, 3.63) is 34.4 Å². The van der Waals surface area contributed by atoms with Crippen molar-refractivity contribution in [3.8, 4) is 0 Å². The lowest BCUT2D eigenvalue weighted by atomic mass is 10.2. The zero-order chi connectivity index (χ0) is 15.4. The highest BCUT2D eigenvalue weighted by Crippen LogP contribution is 2.12. The molecule has 0 aliphatic carbocycles. The number of nitrogens with zero attached hydrogens (tertiary/aromatic N) is 4. The van der Waals surface area contributed by atoms with Crippen LogP contribution >= 0.6 is 11.6 Å². The molecule has 7 heteroatoms. The first kappa shape index (κ1) is 15.6. The first-order chi connectivity index (χ1) is 9.99. The van der Waals surface area contributed by atoms with Crippen LogP contribution in [0, 0.1) is 13.8 Å². The van der Waals surface area contributed by atoms with Gasteiger partial charge in [-0.1, -0.05) is 11.6 Å². The first-order valence-corrected chi connectivity index (χ1v) is 7.36. The van der Waals surface area contributed by atoms with Crippen LogP contribution in [0.15, 0.2) is 12.4 Å². The molecule has 2 aromatic rings. The Kier molecular flexibility index (Phi) is 5.01. The summed E-state index contributed by atoms with van der Waals surface area (Å²) in [5.74, 6) is -0.0112. The zero-order valence-electron chi connectivity index (χ0n) is 12.6. The van der Waals surface area contributed by atoms with E-state index in [1.807, 2.05) is 31.6 Å². The summed E-state index contributed by atoms with van der Waals surface area (Å²) in [5.41, 5.74) is 2.77. The van der Waals surface area contributed by atoms with Crippen LogP contribution < -0.4 is 5.32 Å². The topological polar surface area (TPSA) is 64.7 Å². The molecule has 0 saturated carbocycles. The number of nitrogens with one attached hydrogen (secondary N) is 1. The molecule has 0 spiro atoms. The summed E-state index contributed by atoms with van der Waals surface area (Å²) in [6, 6.07) is 0. The highest BCUT2D eigenvalue weighted by atomic mass is 35.5. The lowest BCUT2D eigenvalue weighted by molar-refractivity contribution is -0.121. The van der Waals surface area contributed by atoms with Crippen molar-refractivity contribution in [2.75, 3.05) is 0 Å². The molecule has 114 valence electrons. The third kappa shape index (κ3) is 4.07. The molecule has 2 rings (SSSR count). The fourth-order valence-electron chi connectivity index (χ4n) is 2.00. The number of aryl methyl sites for hydroxylation is 4. The van der Waals surface area contributed by atoms with Crippen molar-refractivity contribution in [2.45, 2.75) is 46.8 Å². The Bertz CT molecular complexity index is 612. The van der Waals surface area contributed by atoms with Gasteiger partial charge in [0.2, 0.25) is 5.91 Å². The van der Waals surface area contributed by atoms with Crippen LogP contribution in [0.2, 0.25) is 5.02 Å². The number of amides is 1. The molecule has 1 amide bonds. The predicted molar refractivity (Wildman–Crippen MR) is 81.1 cm³/mol. The summed E-state index contributed by atoms with van der Waals surface area (Å²) in [7, 11) is 0. The zero-order valence-corrected chi connectivity index (χ0v) is 13.3. The van der Waals surface area contributed by atoms with Gasteiger partial charge in [-0.15, -0.1) is 0 Å². The minimum Gasteiger partial charge on any atom is -0.352 e. The quantitative estimate of drug-likeness (QED) is 0.888. The summed E-state index contributed by atoms with van der Waals surface area (Å²) >= 11 is 5.93. The number of carbonyl (C=O) groups excluding carboxylic acids is 1. The van der Waals surface area contributed by atoms with Crippen molar-refractivity contribution in [3.63, 3.8) is 0 Å². The molecule has 2 heterocycles. The van der Waals surface area contributed by atoms with Gasteiger partial charge in [-0.05, 0) is 20.8 Å². The molecule has 0 atom stereocenters. The van der Waals surface area contributed by atoms with Crippen molar-refractivity contribution >= 4 is 17.5 Å². The van der Waals surface area contributed by atoms with E-state index in [0.717, 1.165) is 23.5 Å². The molecule has 21 heavy (non-hydrogen) atoms. The van der Waals surface area contributed by atoms with E-state index in [4.69, 9.17) is 11.6 Å². The number of hydrogen-bond acceptors (Lipinski definition) is 3. The second-order valence-electron chi connectivity index (χ2n) is 4.95. The molecular formula is C14H20ClN5O. The molecule has 0 aliphatic rings. The molecule has 6 nitrogen and oxygen atoms in total. The Labute approximate surface area is 129 Å². The lowest BCUT2D eigenvalue weighted by Gasteiger charge is -2.04. The van der Waals surface area contributed by atoms with Gasteiger partial charge in [0.15, 0.2) is 0 Å². The second-order valence-corrected chi connectivity index (χ2v) is 5.35. The van der Waals surface area contributed by atoms with E-state index in [1.54, 1.807) is 10.9 Å². The number of halogens is 1. The molecule has 2 aromatic heterocycles. The Balaban J connectivity index is 1.80. The van der Waals surface area contributed by atoms with Gasteiger partial charge < -0.3 is 5.32 Å². The van der Waals surface area contributed by atoms with Crippen LogP contribution in [-0.4, -0.2) is 25.5 Å². The molecule has 1 N–H and O–H groups in total. The van der Waals surface area contributed by atoms with Crippen molar-refractivity contribution in [1.82, 2.24) is 24.9 Å². The number of hydrogen-bond donors (Lipinski definition) is 1. The Hall–Kier alpha value is -1.82. The lowest BCUT2D eigenvalue weighted by Crippen LogP contribution is -2.24. The van der Waals surface area contributed by atoms with Crippen molar-refractivity contribution < 1.29 is 4.79 Å². The first-order valence-electron chi connectivity index (χ1n) is 6.98. The fraction of sp³-hybridized carbons (Fsp3) is 0.500. The number of aromatic nitrogens is 4. The standard InChI is InChI=1S/C14H20ClN5O/c1-4-19-8-12(10(2)17-19)7-16-14(21)5-6-20-9-13(15)11(3)18-20/h8-9H,4-7H2,1-3H3,(H,16,21). The van der Waals surface area contributed by atoms with Gasteiger partial charge in [-0.3, -0.25) is 14.2 Å². The Morgan fingerprint density at radius 3 is 2.52 bits per heavy atom. The molecule has 0 fully saturated rings. The predicted octanol–water partition coefficient (Wildman–Crippen LogP) is 2.08. The van der Waals surface area contributed by atoms with Crippen LogP contribution in [0.1, 0.15) is 30.3 Å². The normalized spacial score (nSPS) is 10.9. The molecule has 0 unspecified atom stereocenters. The van der Waals surface area contributed by atoms with Crippen LogP contribution in [0.5, 0.6) is 0 Å². The van der Waals surface area contributed by atoms with E-state index in [0.29, 0.717) is 24.5 Å². The minimum absolute atomic E-state index is 0.0112. The third-order valence-electron chi connectivity index (χ3n) is 3.30. The third-order valence-corrected chi connectivity index (χ3v) is 3.67. The van der Waals surface area contributed by atoms with Gasteiger partial charge in [0.1, 0.15) is 0 Å². The second kappa shape index (κ2) is 6.76. The van der Waals surface area contributed by atoms with Gasteiger partial charge in [0.25, 0.3) is 0 Å². The number of rotatable bonds is 6. The molecule has 0 aliphatic heterocycles. The van der Waals surface area contributed by atoms with Gasteiger partial charge >= 0.3 is 0 Å². The van der Waals surface area contributed by atoms with Crippen LogP contribution in [0.4, 0.5) is 0 Å². The van der Waals surface area contributed by atoms with Gasteiger partial charge in [-0.25, -0.2) is 0 Å². The molecule has 0 bridgehead atoms. The largest absolute Gasteiger partial charge is 0.352 e. The van der Waals surface area contributed by atoms with Crippen LogP contribution in [-0.2, 0) is 24.4 Å². The molecule has 0 aromatic carbocycles. The number of carbonyl (C=O) groups is 1. The average molecular weight is 310 g/mol. The van der Waals surface area contributed by atoms with Crippen LogP contribution in [0.3, 0.4) is 0 Å². The Morgan fingerprint density at radius 2 is 1.95 bits per heavy atom. The molecule has 0 saturated heterocycles. The van der Waals surface area contributed by atoms with E-state index in [9.17, 15) is 4.79 Å². The van der Waals surface area contributed by atoms with Crippen LogP contribution in [0.25, 0.3) is 0 Å². The SMILES string of the molecule is CCn1cc(CNC(=O)CCn2cc(Cl)c(C)n2)c(C)n1. The Morgan fingerprint density at radius 1 is 1.24 bits per heavy atom. The average Bonchev–Trinajstić information content (AvgIpc) is 2.97. The van der Waals surface area contributed by atoms with Gasteiger partial charge in [0.05, 0.1) is 16.4 Å².